The van der Waals surface area contributed by atoms with Gasteiger partial charge in [0.1, 0.15) is 5.82 Å². The van der Waals surface area contributed by atoms with Gasteiger partial charge in [0.05, 0.1) is 30.7 Å². The van der Waals surface area contributed by atoms with E-state index in [1.54, 1.807) is 12.3 Å². The van der Waals surface area contributed by atoms with Gasteiger partial charge in [0.25, 0.3) is 5.91 Å². The van der Waals surface area contributed by atoms with Crippen LogP contribution in [-0.4, -0.2) is 79.7 Å². The van der Waals surface area contributed by atoms with E-state index in [0.29, 0.717) is 36.8 Å². The summed E-state index contributed by atoms with van der Waals surface area (Å²) in [5.41, 5.74) is 7.78. The molecule has 2 saturated heterocycles. The molecule has 1 amide bonds. The highest BCUT2D eigenvalue weighted by Gasteiger charge is 2.50. The van der Waals surface area contributed by atoms with Crippen molar-refractivity contribution in [2.45, 2.75) is 43.1 Å². The number of hydrogen-bond donors (Lipinski definition) is 3. The number of nitrogens with one attached hydrogen (secondary N) is 1. The van der Waals surface area contributed by atoms with Crippen LogP contribution in [0.2, 0.25) is 0 Å². The largest absolute Gasteiger partial charge is 0.378 e. The molecule has 1 atom stereocenters. The quantitative estimate of drug-likeness (QED) is 0.591. The number of hydrogen-bond acceptors (Lipinski definition) is 8. The molecule has 3 aliphatic rings. The Hall–Kier alpha value is -2.72. The Balaban J connectivity index is 1.37. The summed E-state index contributed by atoms with van der Waals surface area (Å²) in [6.45, 7) is 3.28. The minimum Gasteiger partial charge on any atom is -0.378 e. The molecule has 3 fully saturated rings. The molecule has 1 aliphatic carbocycles. The molecular weight excluding hydrogens is 444 g/mol. The Bertz CT molecular complexity index is 1050. The highest BCUT2D eigenvalue weighted by Crippen LogP contribution is 2.47. The molecule has 1 unspecified atom stereocenters. The molecule has 0 radical (unpaired) electrons. The first kappa shape index (κ1) is 24.0. The number of anilines is 2. The van der Waals surface area contributed by atoms with Crippen LogP contribution in [0.4, 0.5) is 11.5 Å². The lowest BCUT2D eigenvalue weighted by atomic mass is 9.69. The average molecular weight is 481 g/mol. The van der Waals surface area contributed by atoms with E-state index >= 15 is 0 Å². The van der Waals surface area contributed by atoms with Crippen LogP contribution in [0, 0.1) is 0 Å². The third kappa shape index (κ3) is 4.38. The normalized spacial score (nSPS) is 29.2. The van der Waals surface area contributed by atoms with Crippen molar-refractivity contribution in [3.63, 3.8) is 0 Å². The third-order valence-electron chi connectivity index (χ3n) is 8.18. The van der Waals surface area contributed by atoms with Gasteiger partial charge in [0, 0.05) is 30.7 Å². The number of morpholine rings is 1. The number of primary amides is 1. The number of aliphatic hydroxyl groups is 1. The van der Waals surface area contributed by atoms with Gasteiger partial charge in [-0.15, -0.1) is 0 Å². The van der Waals surface area contributed by atoms with Gasteiger partial charge in [0.15, 0.2) is 6.35 Å². The summed E-state index contributed by atoms with van der Waals surface area (Å²) in [4.78, 5) is 23.3. The maximum atomic E-state index is 12.4. The number of aromatic nitrogens is 1. The zero-order valence-electron chi connectivity index (χ0n) is 20.6. The molecule has 1 saturated carbocycles. The highest BCUT2D eigenvalue weighted by molar-refractivity contribution is 5.99. The van der Waals surface area contributed by atoms with Crippen LogP contribution in [0.5, 0.6) is 0 Å². The van der Waals surface area contributed by atoms with Gasteiger partial charge < -0.3 is 25.4 Å². The minimum atomic E-state index is -0.910. The van der Waals surface area contributed by atoms with Gasteiger partial charge in [-0.05, 0) is 51.4 Å². The molecule has 5 rings (SSSR count). The van der Waals surface area contributed by atoms with Crippen molar-refractivity contribution in [3.05, 3.63) is 53.7 Å². The number of amides is 1. The second-order valence-corrected chi connectivity index (χ2v) is 10.2. The number of carbonyl (C=O) groups excluding carboxylic acids is 1. The van der Waals surface area contributed by atoms with Crippen molar-refractivity contribution in [1.82, 2.24) is 15.2 Å². The zero-order valence-corrected chi connectivity index (χ0v) is 20.6. The van der Waals surface area contributed by atoms with Crippen molar-refractivity contribution < 1.29 is 14.6 Å². The van der Waals surface area contributed by atoms with Crippen molar-refractivity contribution in [2.75, 3.05) is 56.7 Å². The van der Waals surface area contributed by atoms with Gasteiger partial charge in [-0.25, -0.2) is 4.98 Å². The molecule has 9 nitrogen and oxygen atoms in total. The molecule has 35 heavy (non-hydrogen) atoms. The standard InChI is InChI=1S/C26H36N6O3/c1-30(2)26(19-6-4-3-5-7-19)10-8-25(9-11-26)18-32(24(34)29-25)21-17-28-22(16-20(21)23(27)33)31-12-14-35-15-13-31/h3-7,16-17,24,29,34H,8-15,18H2,1-2H3,(H2,27,33)/t24?,25-,26+. The van der Waals surface area contributed by atoms with Crippen LogP contribution in [0.25, 0.3) is 0 Å². The van der Waals surface area contributed by atoms with Gasteiger partial charge in [-0.3, -0.25) is 15.0 Å². The van der Waals surface area contributed by atoms with E-state index in [9.17, 15) is 9.90 Å². The maximum absolute atomic E-state index is 12.4. The van der Waals surface area contributed by atoms with Gasteiger partial charge in [0.2, 0.25) is 0 Å². The number of benzene rings is 1. The topological polar surface area (TPSA) is 107 Å². The monoisotopic (exact) mass is 480 g/mol. The first-order chi connectivity index (χ1) is 16.8. The van der Waals surface area contributed by atoms with Gasteiger partial charge in [-0.1, -0.05) is 30.3 Å². The average Bonchev–Trinajstić information content (AvgIpc) is 3.20. The molecule has 188 valence electrons. The van der Waals surface area contributed by atoms with E-state index in [1.165, 1.54) is 5.56 Å². The second kappa shape index (κ2) is 9.39. The van der Waals surface area contributed by atoms with Crippen LogP contribution in [0.15, 0.2) is 42.6 Å². The van der Waals surface area contributed by atoms with E-state index in [2.05, 4.69) is 64.5 Å². The predicted octanol–water partition coefficient (Wildman–Crippen LogP) is 1.47. The lowest BCUT2D eigenvalue weighted by Crippen LogP contribution is -2.54. The summed E-state index contributed by atoms with van der Waals surface area (Å²) >= 11 is 0. The van der Waals surface area contributed by atoms with E-state index in [0.717, 1.165) is 38.8 Å². The second-order valence-electron chi connectivity index (χ2n) is 10.2. The minimum absolute atomic E-state index is 0.0354. The van der Waals surface area contributed by atoms with Crippen LogP contribution in [-0.2, 0) is 10.3 Å². The van der Waals surface area contributed by atoms with E-state index in [-0.39, 0.29) is 11.1 Å². The van der Waals surface area contributed by atoms with Crippen molar-refractivity contribution in [3.8, 4) is 0 Å². The summed E-state index contributed by atoms with van der Waals surface area (Å²) in [5, 5.41) is 14.5. The van der Waals surface area contributed by atoms with Crippen LogP contribution in [0.3, 0.4) is 0 Å². The number of carbonyl (C=O) groups is 1. The molecule has 1 spiro atoms. The van der Waals surface area contributed by atoms with Crippen molar-refractivity contribution >= 4 is 17.4 Å². The van der Waals surface area contributed by atoms with Crippen LogP contribution in [0.1, 0.15) is 41.6 Å². The predicted molar refractivity (Wildman–Crippen MR) is 135 cm³/mol. The van der Waals surface area contributed by atoms with E-state index in [1.807, 2.05) is 4.90 Å². The molecule has 1 aromatic heterocycles. The molecule has 2 aromatic rings. The van der Waals surface area contributed by atoms with Crippen LogP contribution < -0.4 is 20.9 Å². The first-order valence-corrected chi connectivity index (χ1v) is 12.4. The fourth-order valence-corrected chi connectivity index (χ4v) is 6.04. The first-order valence-electron chi connectivity index (χ1n) is 12.4. The van der Waals surface area contributed by atoms with Crippen LogP contribution >= 0.6 is 0 Å². The number of nitrogens with two attached hydrogens (primary N) is 1. The number of aliphatic hydroxyl groups excluding tert-OH is 1. The smallest absolute Gasteiger partial charge is 0.251 e. The lowest BCUT2D eigenvalue weighted by Gasteiger charge is -2.49. The number of rotatable bonds is 5. The molecule has 0 bridgehead atoms. The summed E-state index contributed by atoms with van der Waals surface area (Å²) in [6, 6.07) is 12.4. The Morgan fingerprint density at radius 2 is 1.86 bits per heavy atom. The van der Waals surface area contributed by atoms with Gasteiger partial charge >= 0.3 is 0 Å². The molecular formula is C26H36N6O3. The SMILES string of the molecule is CN(C)[C@]1(c2ccccc2)CC[C@]2(CC1)CN(c1cnc(N3CCOCC3)cc1C(N)=O)C(O)N2. The fraction of sp³-hybridized carbons (Fsp3) is 0.538. The fourth-order valence-electron chi connectivity index (χ4n) is 6.04. The number of pyridine rings is 1. The van der Waals surface area contributed by atoms with Crippen molar-refractivity contribution in [1.29, 1.82) is 0 Å². The Morgan fingerprint density at radius 1 is 1.17 bits per heavy atom. The Morgan fingerprint density at radius 3 is 2.49 bits per heavy atom. The third-order valence-corrected chi connectivity index (χ3v) is 8.18. The summed E-state index contributed by atoms with van der Waals surface area (Å²) in [5.74, 6) is 0.183. The lowest BCUT2D eigenvalue weighted by molar-refractivity contribution is 0.0513. The number of ether oxygens (including phenoxy) is 1. The van der Waals surface area contributed by atoms with Crippen molar-refractivity contribution in [2.24, 2.45) is 5.73 Å². The molecule has 4 N–H and O–H groups in total. The number of nitrogens with zero attached hydrogens (tertiary/aromatic N) is 4. The summed E-state index contributed by atoms with van der Waals surface area (Å²) in [7, 11) is 4.30. The highest BCUT2D eigenvalue weighted by atomic mass is 16.5. The molecule has 2 aliphatic heterocycles. The Labute approximate surface area is 206 Å². The summed E-state index contributed by atoms with van der Waals surface area (Å²) < 4.78 is 5.43. The molecule has 9 heteroatoms. The zero-order chi connectivity index (χ0) is 24.6. The summed E-state index contributed by atoms with van der Waals surface area (Å²) in [6.07, 6.45) is 4.50. The molecule has 3 heterocycles. The Kier molecular flexibility index (Phi) is 6.43. The maximum Gasteiger partial charge on any atom is 0.251 e. The van der Waals surface area contributed by atoms with Gasteiger partial charge in [-0.2, -0.15) is 0 Å². The van der Waals surface area contributed by atoms with E-state index in [4.69, 9.17) is 10.5 Å². The van der Waals surface area contributed by atoms with E-state index < -0.39 is 12.3 Å². The molecule has 1 aromatic carbocycles.